The van der Waals surface area contributed by atoms with Gasteiger partial charge in [0, 0.05) is 6.04 Å². The highest BCUT2D eigenvalue weighted by Crippen LogP contribution is 2.25. The summed E-state index contributed by atoms with van der Waals surface area (Å²) in [7, 11) is 0. The van der Waals surface area contributed by atoms with Gasteiger partial charge in [0.05, 0.1) is 6.10 Å². The van der Waals surface area contributed by atoms with Crippen LogP contribution in [0.3, 0.4) is 0 Å². The third-order valence-corrected chi connectivity index (χ3v) is 4.09. The first kappa shape index (κ1) is 13.3. The van der Waals surface area contributed by atoms with Crippen LogP contribution in [0, 0.1) is 0 Å². The van der Waals surface area contributed by atoms with Gasteiger partial charge in [-0.15, -0.1) is 0 Å². The second kappa shape index (κ2) is 6.21. The Balaban J connectivity index is 1.75. The molecule has 1 heterocycles. The summed E-state index contributed by atoms with van der Waals surface area (Å²) in [6.45, 7) is 1.02. The number of piperidine rings is 1. The van der Waals surface area contributed by atoms with Gasteiger partial charge in [-0.25, -0.2) is 0 Å². The van der Waals surface area contributed by atoms with E-state index in [1.54, 1.807) is 0 Å². The van der Waals surface area contributed by atoms with Gasteiger partial charge in [-0.05, 0) is 36.1 Å². The molecule has 2 aromatic carbocycles. The molecule has 1 saturated heterocycles. The summed E-state index contributed by atoms with van der Waals surface area (Å²) in [6.07, 6.45) is 3.08. The Labute approximate surface area is 120 Å². The van der Waals surface area contributed by atoms with Gasteiger partial charge in [-0.1, -0.05) is 61.0 Å². The second-order valence-corrected chi connectivity index (χ2v) is 5.49. The number of hydrogen-bond acceptors (Lipinski definition) is 2. The van der Waals surface area contributed by atoms with Crippen LogP contribution >= 0.6 is 0 Å². The molecule has 1 aliphatic rings. The number of hydrogen-bond donors (Lipinski definition) is 2. The van der Waals surface area contributed by atoms with E-state index in [4.69, 9.17) is 0 Å². The quantitative estimate of drug-likeness (QED) is 0.891. The van der Waals surface area contributed by atoms with Crippen molar-refractivity contribution in [1.82, 2.24) is 5.32 Å². The van der Waals surface area contributed by atoms with Crippen molar-refractivity contribution in [2.75, 3.05) is 6.54 Å². The normalized spacial score (nSPS) is 20.6. The summed E-state index contributed by atoms with van der Waals surface area (Å²) in [5, 5.41) is 13.9. The van der Waals surface area contributed by atoms with Gasteiger partial charge in [0.1, 0.15) is 0 Å². The maximum absolute atomic E-state index is 10.4. The lowest BCUT2D eigenvalue weighted by Gasteiger charge is -2.28. The number of nitrogens with one attached hydrogen (secondary N) is 1. The molecule has 2 unspecified atom stereocenters. The van der Waals surface area contributed by atoms with E-state index in [0.717, 1.165) is 18.5 Å². The third-order valence-electron chi connectivity index (χ3n) is 4.09. The fraction of sp³-hybridized carbons (Fsp3) is 0.333. The smallest absolute Gasteiger partial charge is 0.0942 e. The van der Waals surface area contributed by atoms with E-state index in [-0.39, 0.29) is 6.04 Å². The number of aliphatic hydroxyl groups excluding tert-OH is 1. The van der Waals surface area contributed by atoms with Crippen molar-refractivity contribution in [2.24, 2.45) is 0 Å². The summed E-state index contributed by atoms with van der Waals surface area (Å²) in [4.78, 5) is 0. The zero-order chi connectivity index (χ0) is 13.8. The molecule has 0 aromatic heterocycles. The zero-order valence-corrected chi connectivity index (χ0v) is 11.6. The van der Waals surface area contributed by atoms with Gasteiger partial charge in [0.25, 0.3) is 0 Å². The molecule has 1 aliphatic heterocycles. The molecule has 1 fully saturated rings. The van der Waals surface area contributed by atoms with Crippen LogP contribution in [0.15, 0.2) is 54.6 Å². The Bertz CT molecular complexity index is 529. The third kappa shape index (κ3) is 2.92. The average molecular weight is 267 g/mol. The molecule has 2 atom stereocenters. The van der Waals surface area contributed by atoms with Crippen molar-refractivity contribution < 1.29 is 5.11 Å². The Morgan fingerprint density at radius 2 is 1.60 bits per heavy atom. The molecule has 0 aliphatic carbocycles. The van der Waals surface area contributed by atoms with Gasteiger partial charge in [0.15, 0.2) is 0 Å². The van der Waals surface area contributed by atoms with E-state index >= 15 is 0 Å². The number of aliphatic hydroxyl groups is 1. The summed E-state index contributed by atoms with van der Waals surface area (Å²) in [5.74, 6) is 0. The summed E-state index contributed by atoms with van der Waals surface area (Å²) >= 11 is 0. The van der Waals surface area contributed by atoms with Gasteiger partial charge in [-0.2, -0.15) is 0 Å². The minimum absolute atomic E-state index is 0.200. The summed E-state index contributed by atoms with van der Waals surface area (Å²) in [6, 6.07) is 18.8. The van der Waals surface area contributed by atoms with Crippen molar-refractivity contribution in [3.8, 4) is 11.1 Å². The molecule has 0 bridgehead atoms. The first-order valence-corrected chi connectivity index (χ1v) is 7.41. The summed E-state index contributed by atoms with van der Waals surface area (Å²) in [5.41, 5.74) is 3.41. The van der Waals surface area contributed by atoms with Crippen LogP contribution in [0.4, 0.5) is 0 Å². The van der Waals surface area contributed by atoms with Crippen molar-refractivity contribution in [3.63, 3.8) is 0 Å². The fourth-order valence-corrected chi connectivity index (χ4v) is 2.88. The first-order chi connectivity index (χ1) is 9.84. The highest BCUT2D eigenvalue weighted by atomic mass is 16.3. The van der Waals surface area contributed by atoms with Crippen molar-refractivity contribution >= 4 is 0 Å². The molecule has 3 rings (SSSR count). The molecule has 104 valence electrons. The van der Waals surface area contributed by atoms with Crippen LogP contribution in [-0.4, -0.2) is 17.7 Å². The minimum atomic E-state index is -0.403. The van der Waals surface area contributed by atoms with Gasteiger partial charge >= 0.3 is 0 Å². The molecule has 0 spiro atoms. The van der Waals surface area contributed by atoms with Gasteiger partial charge in [-0.3, -0.25) is 0 Å². The molecule has 0 amide bonds. The van der Waals surface area contributed by atoms with Crippen LogP contribution in [0.2, 0.25) is 0 Å². The van der Waals surface area contributed by atoms with E-state index in [1.807, 2.05) is 30.3 Å². The predicted octanol–water partition coefficient (Wildman–Crippen LogP) is 3.53. The van der Waals surface area contributed by atoms with E-state index in [2.05, 4.69) is 29.6 Å². The fourth-order valence-electron chi connectivity index (χ4n) is 2.88. The van der Waals surface area contributed by atoms with Gasteiger partial charge in [0.2, 0.25) is 0 Å². The van der Waals surface area contributed by atoms with Crippen molar-refractivity contribution in [1.29, 1.82) is 0 Å². The molecule has 0 radical (unpaired) electrons. The maximum Gasteiger partial charge on any atom is 0.0942 e. The van der Waals surface area contributed by atoms with Crippen LogP contribution in [0.25, 0.3) is 11.1 Å². The molecule has 20 heavy (non-hydrogen) atoms. The lowest BCUT2D eigenvalue weighted by Crippen LogP contribution is -2.38. The van der Waals surface area contributed by atoms with Gasteiger partial charge < -0.3 is 10.4 Å². The Hall–Kier alpha value is -1.64. The zero-order valence-electron chi connectivity index (χ0n) is 11.6. The Morgan fingerprint density at radius 1 is 0.900 bits per heavy atom. The molecular formula is C18H21NO. The second-order valence-electron chi connectivity index (χ2n) is 5.49. The number of rotatable bonds is 3. The van der Waals surface area contributed by atoms with Crippen LogP contribution in [0.5, 0.6) is 0 Å². The topological polar surface area (TPSA) is 32.3 Å². The predicted molar refractivity (Wildman–Crippen MR) is 82.5 cm³/mol. The standard InChI is InChI=1S/C18H21NO/c20-18(17-8-4-5-13-19-17)16-11-9-15(10-12-16)14-6-2-1-3-7-14/h1-3,6-7,9-12,17-20H,4-5,8,13H2. The SMILES string of the molecule is OC(c1ccc(-c2ccccc2)cc1)C1CCCCN1. The highest BCUT2D eigenvalue weighted by molar-refractivity contribution is 5.63. The molecule has 2 aromatic rings. The summed E-state index contributed by atoms with van der Waals surface area (Å²) < 4.78 is 0. The molecule has 0 saturated carbocycles. The van der Waals surface area contributed by atoms with Crippen molar-refractivity contribution in [2.45, 2.75) is 31.4 Å². The average Bonchev–Trinajstić information content (AvgIpc) is 2.56. The lowest BCUT2D eigenvalue weighted by atomic mass is 9.94. The van der Waals surface area contributed by atoms with Crippen molar-refractivity contribution in [3.05, 3.63) is 60.2 Å². The van der Waals surface area contributed by atoms with E-state index in [9.17, 15) is 5.11 Å². The Kier molecular flexibility index (Phi) is 4.14. The minimum Gasteiger partial charge on any atom is -0.387 e. The Morgan fingerprint density at radius 3 is 2.25 bits per heavy atom. The monoisotopic (exact) mass is 267 g/mol. The molecule has 2 N–H and O–H groups in total. The van der Waals surface area contributed by atoms with E-state index in [1.165, 1.54) is 24.0 Å². The molecule has 2 nitrogen and oxygen atoms in total. The largest absolute Gasteiger partial charge is 0.387 e. The van der Waals surface area contributed by atoms with Crippen LogP contribution < -0.4 is 5.32 Å². The number of benzene rings is 2. The highest BCUT2D eigenvalue weighted by Gasteiger charge is 2.22. The van der Waals surface area contributed by atoms with E-state index in [0.29, 0.717) is 0 Å². The molecular weight excluding hydrogens is 246 g/mol. The lowest BCUT2D eigenvalue weighted by molar-refractivity contribution is 0.114. The molecule has 2 heteroatoms. The maximum atomic E-state index is 10.4. The van der Waals surface area contributed by atoms with E-state index < -0.39 is 6.10 Å². The first-order valence-electron chi connectivity index (χ1n) is 7.41. The van der Waals surface area contributed by atoms with Crippen LogP contribution in [-0.2, 0) is 0 Å². The van der Waals surface area contributed by atoms with Crippen LogP contribution in [0.1, 0.15) is 30.9 Å².